The second-order valence-electron chi connectivity index (χ2n) is 2.75. The van der Waals surface area contributed by atoms with Gasteiger partial charge in [-0.15, -0.1) is 0 Å². The lowest BCUT2D eigenvalue weighted by Crippen LogP contribution is -2.10. The molecule has 0 fully saturated rings. The Bertz CT molecular complexity index is 348. The van der Waals surface area contributed by atoms with Gasteiger partial charge < -0.3 is 5.11 Å². The van der Waals surface area contributed by atoms with Gasteiger partial charge in [0, 0.05) is 20.1 Å². The number of hydrogen-bond donors (Lipinski definition) is 1. The van der Waals surface area contributed by atoms with E-state index >= 15 is 0 Å². The molecule has 0 aliphatic rings. The Balaban J connectivity index is 2.56. The Morgan fingerprint density at radius 2 is 1.93 bits per heavy atom. The summed E-state index contributed by atoms with van der Waals surface area (Å²) in [5, 5.41) is 8.41. The first-order chi connectivity index (χ1) is 6.58. The largest absolute Gasteiger partial charge is 0.481 e. The van der Waals surface area contributed by atoms with E-state index in [1.54, 1.807) is 0 Å². The zero-order valence-electron chi connectivity index (χ0n) is 7.27. The fourth-order valence-electron chi connectivity index (χ4n) is 0.955. The molecule has 0 amide bonds. The molecule has 0 saturated heterocycles. The first-order valence-corrected chi connectivity index (χ1v) is 6.46. The number of aliphatic carboxylic acids is 1. The van der Waals surface area contributed by atoms with Gasteiger partial charge in [0.2, 0.25) is 0 Å². The number of carbonyl (C=O) groups is 1. The fourth-order valence-corrected chi connectivity index (χ4v) is 2.26. The van der Waals surface area contributed by atoms with Crippen LogP contribution >= 0.6 is 22.6 Å². The maximum absolute atomic E-state index is 11.2. The molecule has 14 heavy (non-hydrogen) atoms. The summed E-state index contributed by atoms with van der Waals surface area (Å²) in [6, 6.07) is 7.55. The fraction of sp³-hybridized carbons (Fsp3) is 0.222. The smallest absolute Gasteiger partial charge is 0.316 e. The van der Waals surface area contributed by atoms with Crippen LogP contribution < -0.4 is 0 Å². The molecule has 0 bridgehead atoms. The Morgan fingerprint density at radius 3 is 2.43 bits per heavy atom. The van der Waals surface area contributed by atoms with Gasteiger partial charge in [0.05, 0.1) is 0 Å². The van der Waals surface area contributed by atoms with E-state index in [0.29, 0.717) is 5.75 Å². The summed E-state index contributed by atoms with van der Waals surface area (Å²) in [7, 11) is -1.31. The lowest BCUT2D eigenvalue weighted by atomic mass is 10.2. The van der Waals surface area contributed by atoms with Crippen LogP contribution in [-0.2, 0) is 21.3 Å². The van der Waals surface area contributed by atoms with Crippen LogP contribution in [0.4, 0.5) is 0 Å². The summed E-state index contributed by atoms with van der Waals surface area (Å²) < 4.78 is 12.3. The Hall–Kier alpha value is -0.430. The third kappa shape index (κ3) is 4.19. The predicted molar refractivity (Wildman–Crippen MR) is 63.5 cm³/mol. The molecule has 0 aliphatic carbocycles. The predicted octanol–water partition coefficient (Wildman–Crippen LogP) is 1.62. The number of carboxylic acid groups (broad SMARTS) is 1. The van der Waals surface area contributed by atoms with Gasteiger partial charge in [0.15, 0.2) is 0 Å². The molecule has 76 valence electrons. The van der Waals surface area contributed by atoms with Crippen LogP contribution in [0.1, 0.15) is 5.56 Å². The van der Waals surface area contributed by atoms with E-state index in [2.05, 4.69) is 22.6 Å². The molecule has 3 nitrogen and oxygen atoms in total. The van der Waals surface area contributed by atoms with E-state index in [-0.39, 0.29) is 5.75 Å². The molecule has 5 heteroatoms. The summed E-state index contributed by atoms with van der Waals surface area (Å²) in [6.45, 7) is 0. The van der Waals surface area contributed by atoms with E-state index in [4.69, 9.17) is 5.11 Å². The van der Waals surface area contributed by atoms with Gasteiger partial charge in [-0.3, -0.25) is 9.00 Å². The number of carboxylic acids is 1. The van der Waals surface area contributed by atoms with Crippen molar-refractivity contribution in [2.45, 2.75) is 5.75 Å². The SMILES string of the molecule is O=C(O)CS(=O)Cc1ccc(I)cc1. The summed E-state index contributed by atoms with van der Waals surface area (Å²) in [5.74, 6) is -0.997. The van der Waals surface area contributed by atoms with Gasteiger partial charge >= 0.3 is 5.97 Å². The summed E-state index contributed by atoms with van der Waals surface area (Å²) in [5.41, 5.74) is 0.907. The molecule has 0 radical (unpaired) electrons. The van der Waals surface area contributed by atoms with Crippen LogP contribution in [0.15, 0.2) is 24.3 Å². The van der Waals surface area contributed by atoms with E-state index < -0.39 is 16.8 Å². The van der Waals surface area contributed by atoms with Crippen LogP contribution in [0.5, 0.6) is 0 Å². The molecule has 1 rings (SSSR count). The van der Waals surface area contributed by atoms with Crippen LogP contribution in [0.3, 0.4) is 0 Å². The minimum atomic E-state index is -1.31. The van der Waals surface area contributed by atoms with Gasteiger partial charge in [-0.1, -0.05) is 12.1 Å². The van der Waals surface area contributed by atoms with Crippen molar-refractivity contribution in [1.82, 2.24) is 0 Å². The average molecular weight is 324 g/mol. The summed E-state index contributed by atoms with van der Waals surface area (Å²) in [6.07, 6.45) is 0. The van der Waals surface area contributed by atoms with Crippen molar-refractivity contribution in [2.24, 2.45) is 0 Å². The first kappa shape index (κ1) is 11.6. The summed E-state index contributed by atoms with van der Waals surface area (Å²) >= 11 is 2.18. The molecule has 0 heterocycles. The van der Waals surface area contributed by atoms with Crippen LogP contribution in [0.2, 0.25) is 0 Å². The van der Waals surface area contributed by atoms with E-state index in [1.165, 1.54) is 0 Å². The second-order valence-corrected chi connectivity index (χ2v) is 5.45. The van der Waals surface area contributed by atoms with Crippen molar-refractivity contribution in [2.75, 3.05) is 5.75 Å². The number of benzene rings is 1. The van der Waals surface area contributed by atoms with Gasteiger partial charge in [-0.05, 0) is 40.3 Å². The molecule has 1 unspecified atom stereocenters. The van der Waals surface area contributed by atoms with Gasteiger partial charge in [-0.25, -0.2) is 0 Å². The molecule has 0 aliphatic heterocycles. The lowest BCUT2D eigenvalue weighted by Gasteiger charge is -1.99. The van der Waals surface area contributed by atoms with Crippen LogP contribution in [0.25, 0.3) is 0 Å². The van der Waals surface area contributed by atoms with Crippen molar-refractivity contribution in [3.63, 3.8) is 0 Å². The molecule has 0 saturated carbocycles. The topological polar surface area (TPSA) is 54.4 Å². The minimum absolute atomic E-state index is 0.286. The van der Waals surface area contributed by atoms with Gasteiger partial charge in [-0.2, -0.15) is 0 Å². The molecule has 1 aromatic carbocycles. The highest BCUT2D eigenvalue weighted by molar-refractivity contribution is 14.1. The summed E-state index contributed by atoms with van der Waals surface area (Å²) in [4.78, 5) is 10.3. The van der Waals surface area contributed by atoms with E-state index in [1.807, 2.05) is 24.3 Å². The molecular weight excluding hydrogens is 315 g/mol. The molecule has 1 atom stereocenters. The van der Waals surface area contributed by atoms with Crippen molar-refractivity contribution < 1.29 is 14.1 Å². The average Bonchev–Trinajstić information content (AvgIpc) is 2.07. The first-order valence-electron chi connectivity index (χ1n) is 3.89. The van der Waals surface area contributed by atoms with Crippen molar-refractivity contribution in [3.05, 3.63) is 33.4 Å². The Kier molecular flexibility index (Phi) is 4.53. The maximum Gasteiger partial charge on any atom is 0.316 e. The van der Waals surface area contributed by atoms with Gasteiger partial charge in [0.25, 0.3) is 0 Å². The minimum Gasteiger partial charge on any atom is -0.481 e. The quantitative estimate of drug-likeness (QED) is 0.857. The van der Waals surface area contributed by atoms with Crippen molar-refractivity contribution in [3.8, 4) is 0 Å². The van der Waals surface area contributed by atoms with Crippen molar-refractivity contribution >= 4 is 39.4 Å². The monoisotopic (exact) mass is 324 g/mol. The zero-order chi connectivity index (χ0) is 10.6. The normalized spacial score (nSPS) is 12.4. The van der Waals surface area contributed by atoms with E-state index in [9.17, 15) is 9.00 Å². The number of rotatable bonds is 4. The van der Waals surface area contributed by atoms with Crippen LogP contribution in [0, 0.1) is 3.57 Å². The maximum atomic E-state index is 11.2. The molecule has 1 N–H and O–H groups in total. The van der Waals surface area contributed by atoms with Gasteiger partial charge in [0.1, 0.15) is 5.75 Å². The number of halogens is 1. The number of hydrogen-bond acceptors (Lipinski definition) is 2. The Morgan fingerprint density at radius 1 is 1.36 bits per heavy atom. The second kappa shape index (κ2) is 5.45. The standard InChI is InChI=1S/C9H9IO3S/c10-8-3-1-7(2-4-8)5-14(13)6-9(11)12/h1-4H,5-6H2,(H,11,12). The highest BCUT2D eigenvalue weighted by Crippen LogP contribution is 2.08. The molecule has 0 spiro atoms. The molecular formula is C9H9IO3S. The molecule has 0 aromatic heterocycles. The third-order valence-corrected chi connectivity index (χ3v) is 3.47. The third-order valence-electron chi connectivity index (χ3n) is 1.53. The van der Waals surface area contributed by atoms with Crippen molar-refractivity contribution in [1.29, 1.82) is 0 Å². The Labute approximate surface area is 98.1 Å². The highest BCUT2D eigenvalue weighted by atomic mass is 127. The van der Waals surface area contributed by atoms with Crippen LogP contribution in [-0.4, -0.2) is 21.0 Å². The highest BCUT2D eigenvalue weighted by Gasteiger charge is 2.06. The van der Waals surface area contributed by atoms with E-state index in [0.717, 1.165) is 9.13 Å². The lowest BCUT2D eigenvalue weighted by molar-refractivity contribution is -0.133. The molecule has 1 aromatic rings. The zero-order valence-corrected chi connectivity index (χ0v) is 10.2.